The van der Waals surface area contributed by atoms with Crippen LogP contribution in [0.25, 0.3) is 21.6 Å². The van der Waals surface area contributed by atoms with Crippen LogP contribution in [-0.2, 0) is 24.2 Å². The molecule has 0 unspecified atom stereocenters. The monoisotopic (exact) mass is 354 g/mol. The first-order valence-electron chi connectivity index (χ1n) is 8.47. The van der Waals surface area contributed by atoms with Gasteiger partial charge in [0.05, 0.1) is 11.8 Å². The van der Waals surface area contributed by atoms with Crippen LogP contribution in [-0.4, -0.2) is 20.6 Å². The highest BCUT2D eigenvalue weighted by molar-refractivity contribution is 7.18. The molecule has 0 saturated carbocycles. The summed E-state index contributed by atoms with van der Waals surface area (Å²) < 4.78 is 1.54. The Hall–Kier alpha value is -2.47. The molecule has 5 nitrogen and oxygen atoms in total. The van der Waals surface area contributed by atoms with Crippen molar-refractivity contribution in [3.05, 3.63) is 51.1 Å². The van der Waals surface area contributed by atoms with Gasteiger partial charge in [0, 0.05) is 17.0 Å². The zero-order chi connectivity index (χ0) is 17.4. The number of benzene rings is 1. The summed E-state index contributed by atoms with van der Waals surface area (Å²) in [6.07, 6.45) is 4.06. The molecule has 1 aliphatic carbocycles. The van der Waals surface area contributed by atoms with Gasteiger partial charge in [-0.05, 0) is 31.2 Å². The van der Waals surface area contributed by atoms with Crippen LogP contribution in [0.3, 0.4) is 0 Å². The Morgan fingerprint density at radius 3 is 2.72 bits per heavy atom. The summed E-state index contributed by atoms with van der Waals surface area (Å²) in [5.41, 5.74) is 1.86. The lowest BCUT2D eigenvalue weighted by Gasteiger charge is -2.13. The molecule has 0 spiro atoms. The molecule has 0 amide bonds. The van der Waals surface area contributed by atoms with E-state index in [1.54, 1.807) is 11.3 Å². The predicted molar refractivity (Wildman–Crippen MR) is 98.2 cm³/mol. The second-order valence-corrected chi connectivity index (χ2v) is 7.38. The number of fused-ring (bicyclic) bond motifs is 3. The van der Waals surface area contributed by atoms with E-state index >= 15 is 0 Å². The molecule has 0 fully saturated rings. The Morgan fingerprint density at radius 2 is 1.96 bits per heavy atom. The first-order valence-corrected chi connectivity index (χ1v) is 9.29. The van der Waals surface area contributed by atoms with E-state index in [1.807, 2.05) is 30.3 Å². The SMILES string of the molecule is O=C(O)CCn1c(-c2ccccc2)nc2sc3c(c2c1=O)CCCC3. The van der Waals surface area contributed by atoms with Gasteiger partial charge < -0.3 is 5.11 Å². The van der Waals surface area contributed by atoms with Crippen LogP contribution >= 0.6 is 11.3 Å². The van der Waals surface area contributed by atoms with Crippen LogP contribution in [0.15, 0.2) is 35.1 Å². The van der Waals surface area contributed by atoms with Crippen molar-refractivity contribution in [3.63, 3.8) is 0 Å². The van der Waals surface area contributed by atoms with Crippen LogP contribution in [0.4, 0.5) is 0 Å². The summed E-state index contributed by atoms with van der Waals surface area (Å²) in [6.45, 7) is 0.131. The van der Waals surface area contributed by atoms with Crippen molar-refractivity contribution >= 4 is 27.5 Å². The Morgan fingerprint density at radius 1 is 1.20 bits per heavy atom. The van der Waals surface area contributed by atoms with Crippen molar-refractivity contribution < 1.29 is 9.90 Å². The molecule has 0 atom stereocenters. The first kappa shape index (κ1) is 16.0. The van der Waals surface area contributed by atoms with E-state index in [-0.39, 0.29) is 18.5 Å². The number of carbonyl (C=O) groups is 1. The molecule has 128 valence electrons. The highest BCUT2D eigenvalue weighted by Gasteiger charge is 2.22. The van der Waals surface area contributed by atoms with Crippen LogP contribution in [0.5, 0.6) is 0 Å². The van der Waals surface area contributed by atoms with Crippen LogP contribution in [0.2, 0.25) is 0 Å². The van der Waals surface area contributed by atoms with Crippen molar-refractivity contribution in [3.8, 4) is 11.4 Å². The highest BCUT2D eigenvalue weighted by Crippen LogP contribution is 2.34. The molecule has 0 bridgehead atoms. The van der Waals surface area contributed by atoms with E-state index in [0.29, 0.717) is 11.2 Å². The maximum absolute atomic E-state index is 13.2. The number of aromatic nitrogens is 2. The van der Waals surface area contributed by atoms with Crippen LogP contribution in [0.1, 0.15) is 29.7 Å². The fourth-order valence-corrected chi connectivity index (χ4v) is 4.71. The number of nitrogens with zero attached hydrogens (tertiary/aromatic N) is 2. The third-order valence-electron chi connectivity index (χ3n) is 4.66. The minimum atomic E-state index is -0.918. The summed E-state index contributed by atoms with van der Waals surface area (Å²) in [7, 11) is 0. The molecule has 6 heteroatoms. The van der Waals surface area contributed by atoms with Crippen LogP contribution in [0, 0.1) is 0 Å². The Labute approximate surface area is 148 Å². The average molecular weight is 354 g/mol. The van der Waals surface area contributed by atoms with Crippen molar-refractivity contribution in [2.24, 2.45) is 0 Å². The predicted octanol–water partition coefficient (Wildman–Crippen LogP) is 3.48. The maximum atomic E-state index is 13.2. The number of aryl methyl sites for hydroxylation is 2. The lowest BCUT2D eigenvalue weighted by molar-refractivity contribution is -0.137. The second kappa shape index (κ2) is 6.44. The number of hydrogen-bond acceptors (Lipinski definition) is 4. The van der Waals surface area contributed by atoms with Gasteiger partial charge in [-0.15, -0.1) is 11.3 Å². The number of thiophene rings is 1. The van der Waals surface area contributed by atoms with Gasteiger partial charge in [0.15, 0.2) is 0 Å². The summed E-state index contributed by atoms with van der Waals surface area (Å²) in [6, 6.07) is 9.50. The summed E-state index contributed by atoms with van der Waals surface area (Å²) >= 11 is 1.62. The zero-order valence-electron chi connectivity index (χ0n) is 13.7. The summed E-state index contributed by atoms with van der Waals surface area (Å²) in [4.78, 5) is 31.1. The Balaban J connectivity index is 1.97. The van der Waals surface area contributed by atoms with Crippen molar-refractivity contribution in [1.82, 2.24) is 9.55 Å². The van der Waals surface area contributed by atoms with E-state index in [1.165, 1.54) is 9.44 Å². The van der Waals surface area contributed by atoms with Gasteiger partial charge in [0.1, 0.15) is 10.7 Å². The van der Waals surface area contributed by atoms with Gasteiger partial charge in [-0.2, -0.15) is 0 Å². The number of hydrogen-bond donors (Lipinski definition) is 1. The summed E-state index contributed by atoms with van der Waals surface area (Å²) in [5, 5.41) is 9.76. The lowest BCUT2D eigenvalue weighted by Crippen LogP contribution is -2.25. The standard InChI is InChI=1S/C19H18N2O3S/c22-15(23)10-11-21-17(12-6-2-1-3-7-12)20-18-16(19(21)24)13-8-4-5-9-14(13)25-18/h1-3,6-7H,4-5,8-11H2,(H,22,23). The third-order valence-corrected chi connectivity index (χ3v) is 5.84. The van der Waals surface area contributed by atoms with Crippen molar-refractivity contribution in [1.29, 1.82) is 0 Å². The molecule has 0 aliphatic heterocycles. The number of carboxylic acid groups (broad SMARTS) is 1. The number of aliphatic carboxylic acids is 1. The molecule has 1 N–H and O–H groups in total. The smallest absolute Gasteiger partial charge is 0.305 e. The van der Waals surface area contributed by atoms with E-state index < -0.39 is 5.97 Å². The Kier molecular flexibility index (Phi) is 4.13. The number of carboxylic acids is 1. The van der Waals surface area contributed by atoms with Gasteiger partial charge >= 0.3 is 5.97 Å². The molecular formula is C19H18N2O3S. The first-order chi connectivity index (χ1) is 12.1. The topological polar surface area (TPSA) is 72.2 Å². The lowest BCUT2D eigenvalue weighted by atomic mass is 9.97. The Bertz CT molecular complexity index is 1000. The van der Waals surface area contributed by atoms with Crippen molar-refractivity contribution in [2.75, 3.05) is 0 Å². The summed E-state index contributed by atoms with van der Waals surface area (Å²) in [5.74, 6) is -0.365. The maximum Gasteiger partial charge on any atom is 0.305 e. The molecule has 1 aliphatic rings. The molecule has 2 heterocycles. The van der Waals surface area contributed by atoms with E-state index in [9.17, 15) is 9.59 Å². The molecule has 3 aromatic rings. The zero-order valence-corrected chi connectivity index (χ0v) is 14.5. The van der Waals surface area contributed by atoms with Gasteiger partial charge in [-0.1, -0.05) is 30.3 Å². The van der Waals surface area contributed by atoms with Gasteiger partial charge in [-0.3, -0.25) is 14.2 Å². The van der Waals surface area contributed by atoms with E-state index in [2.05, 4.69) is 0 Å². The molecular weight excluding hydrogens is 336 g/mol. The van der Waals surface area contributed by atoms with Crippen molar-refractivity contribution in [2.45, 2.75) is 38.6 Å². The molecule has 0 radical (unpaired) electrons. The van der Waals surface area contributed by atoms with Gasteiger partial charge in [0.2, 0.25) is 0 Å². The molecule has 1 aromatic carbocycles. The van der Waals surface area contributed by atoms with Gasteiger partial charge in [-0.25, -0.2) is 4.98 Å². The second-order valence-electron chi connectivity index (χ2n) is 6.29. The number of rotatable bonds is 4. The minimum Gasteiger partial charge on any atom is -0.481 e. The highest BCUT2D eigenvalue weighted by atomic mass is 32.1. The minimum absolute atomic E-state index is 0.0980. The molecule has 4 rings (SSSR count). The van der Waals surface area contributed by atoms with Gasteiger partial charge in [0.25, 0.3) is 5.56 Å². The third kappa shape index (κ3) is 2.87. The largest absolute Gasteiger partial charge is 0.481 e. The fraction of sp³-hybridized carbons (Fsp3) is 0.316. The van der Waals surface area contributed by atoms with Crippen LogP contribution < -0.4 is 5.56 Å². The molecule has 2 aromatic heterocycles. The van der Waals surface area contributed by atoms with E-state index in [4.69, 9.17) is 10.1 Å². The normalized spacial score (nSPS) is 13.8. The quantitative estimate of drug-likeness (QED) is 0.778. The molecule has 25 heavy (non-hydrogen) atoms. The average Bonchev–Trinajstić information content (AvgIpc) is 3.00. The fourth-order valence-electron chi connectivity index (χ4n) is 3.46. The molecule has 0 saturated heterocycles. The van der Waals surface area contributed by atoms with E-state index in [0.717, 1.165) is 41.6 Å².